The molecular weight excluding hydrogens is 498 g/mol. The van der Waals surface area contributed by atoms with Crippen LogP contribution in [0.4, 0.5) is 11.4 Å². The second kappa shape index (κ2) is 10.7. The van der Waals surface area contributed by atoms with Crippen LogP contribution in [0.25, 0.3) is 22.6 Å². The van der Waals surface area contributed by atoms with E-state index in [1.807, 2.05) is 54.6 Å². The first kappa shape index (κ1) is 25.6. The number of aryl methyl sites for hydroxylation is 1. The third-order valence-electron chi connectivity index (χ3n) is 6.62. The summed E-state index contributed by atoms with van der Waals surface area (Å²) in [7, 11) is 1.31. The third kappa shape index (κ3) is 5.19. The van der Waals surface area contributed by atoms with Gasteiger partial charge >= 0.3 is 11.7 Å². The summed E-state index contributed by atoms with van der Waals surface area (Å²) in [6, 6.07) is 20.0. The molecule has 0 atom stereocenters. The van der Waals surface area contributed by atoms with Crippen molar-refractivity contribution in [2.75, 3.05) is 19.0 Å². The van der Waals surface area contributed by atoms with Gasteiger partial charge in [0.2, 0.25) is 0 Å². The van der Waals surface area contributed by atoms with Gasteiger partial charge in [-0.1, -0.05) is 48.5 Å². The van der Waals surface area contributed by atoms with Crippen LogP contribution in [0.1, 0.15) is 39.2 Å². The summed E-state index contributed by atoms with van der Waals surface area (Å²) in [5, 5.41) is 14.5. The Morgan fingerprint density at radius 3 is 2.56 bits per heavy atom. The normalized spacial score (nSPS) is 13.2. The van der Waals surface area contributed by atoms with E-state index < -0.39 is 23.4 Å². The first-order valence-electron chi connectivity index (χ1n) is 12.3. The van der Waals surface area contributed by atoms with Crippen LogP contribution in [0.15, 0.2) is 66.7 Å². The molecule has 1 aliphatic rings. The number of pyridine rings is 1. The highest BCUT2D eigenvalue weighted by Crippen LogP contribution is 2.38. The highest BCUT2D eigenvalue weighted by molar-refractivity contribution is 6.08. The Morgan fingerprint density at radius 2 is 1.82 bits per heavy atom. The summed E-state index contributed by atoms with van der Waals surface area (Å²) in [4.78, 5) is 41.6. The summed E-state index contributed by atoms with van der Waals surface area (Å²) in [5.74, 6) is -1.18. The maximum atomic E-state index is 13.4. The number of fused-ring (bicyclic) bond motifs is 2. The summed E-state index contributed by atoms with van der Waals surface area (Å²) >= 11 is 0. The average Bonchev–Trinajstić information content (AvgIpc) is 3.33. The topological polar surface area (TPSA) is 121 Å². The lowest BCUT2D eigenvalue weighted by Crippen LogP contribution is -2.22. The van der Waals surface area contributed by atoms with Crippen LogP contribution in [0, 0.1) is 17.0 Å². The molecule has 0 radical (unpaired) electrons. The maximum Gasteiger partial charge on any atom is 0.339 e. The number of hydrogen-bond donors (Lipinski definition) is 1. The van der Waals surface area contributed by atoms with E-state index in [4.69, 9.17) is 14.5 Å². The number of carbonyl (C=O) groups is 2. The second-order valence-corrected chi connectivity index (χ2v) is 9.13. The zero-order valence-corrected chi connectivity index (χ0v) is 21.4. The Balaban J connectivity index is 1.39. The molecule has 3 aromatic carbocycles. The molecule has 0 aliphatic heterocycles. The molecule has 9 nitrogen and oxygen atoms in total. The Kier molecular flexibility index (Phi) is 7.05. The number of benzene rings is 3. The molecule has 1 N–H and O–H groups in total. The zero-order valence-electron chi connectivity index (χ0n) is 21.4. The quantitative estimate of drug-likeness (QED) is 0.186. The molecule has 0 saturated carbocycles. The second-order valence-electron chi connectivity index (χ2n) is 9.13. The Morgan fingerprint density at radius 1 is 1.08 bits per heavy atom. The van der Waals surface area contributed by atoms with Gasteiger partial charge in [0.05, 0.1) is 28.8 Å². The van der Waals surface area contributed by atoms with Gasteiger partial charge in [-0.05, 0) is 54.2 Å². The maximum absolute atomic E-state index is 13.4. The Hall–Kier alpha value is -5.05. The monoisotopic (exact) mass is 523 g/mol. The molecule has 0 saturated heterocycles. The van der Waals surface area contributed by atoms with Crippen molar-refractivity contribution in [1.29, 1.82) is 0 Å². The van der Waals surface area contributed by atoms with Crippen molar-refractivity contribution >= 4 is 45.8 Å². The van der Waals surface area contributed by atoms with Crippen LogP contribution in [-0.2, 0) is 16.0 Å². The number of anilines is 1. The lowest BCUT2D eigenvalue weighted by Gasteiger charge is -2.13. The molecule has 0 spiro atoms. The summed E-state index contributed by atoms with van der Waals surface area (Å²) in [6.07, 6.45) is 3.44. The number of methoxy groups -OCH3 is 1. The summed E-state index contributed by atoms with van der Waals surface area (Å²) in [5.41, 5.74) is 5.32. The van der Waals surface area contributed by atoms with Gasteiger partial charge in [-0.25, -0.2) is 9.78 Å². The largest absolute Gasteiger partial charge is 0.490 e. The zero-order chi connectivity index (χ0) is 27.5. The van der Waals surface area contributed by atoms with Gasteiger partial charge in [0.15, 0.2) is 12.4 Å². The lowest BCUT2D eigenvalue weighted by atomic mass is 10.0. The van der Waals surface area contributed by atoms with Gasteiger partial charge in [-0.15, -0.1) is 0 Å². The lowest BCUT2D eigenvalue weighted by molar-refractivity contribution is -0.385. The van der Waals surface area contributed by atoms with Gasteiger partial charge in [-0.2, -0.15) is 0 Å². The molecule has 1 aromatic heterocycles. The van der Waals surface area contributed by atoms with E-state index in [2.05, 4.69) is 11.4 Å². The van der Waals surface area contributed by atoms with E-state index >= 15 is 0 Å². The van der Waals surface area contributed by atoms with Gasteiger partial charge < -0.3 is 14.8 Å². The number of esters is 1. The van der Waals surface area contributed by atoms with Crippen molar-refractivity contribution in [3.05, 3.63) is 105 Å². The first-order valence-corrected chi connectivity index (χ1v) is 12.3. The molecule has 5 rings (SSSR count). The molecule has 196 valence electrons. The van der Waals surface area contributed by atoms with Crippen molar-refractivity contribution in [2.24, 2.45) is 0 Å². The van der Waals surface area contributed by atoms with Gasteiger partial charge in [0.25, 0.3) is 5.91 Å². The van der Waals surface area contributed by atoms with E-state index in [1.54, 1.807) is 6.92 Å². The number of carbonyl (C=O) groups excluding carboxylic acids is 2. The molecule has 39 heavy (non-hydrogen) atoms. The van der Waals surface area contributed by atoms with Crippen molar-refractivity contribution in [1.82, 2.24) is 4.98 Å². The Bertz CT molecular complexity index is 1650. The van der Waals surface area contributed by atoms with E-state index in [1.165, 1.54) is 19.2 Å². The molecule has 0 unspecified atom stereocenters. The van der Waals surface area contributed by atoms with E-state index in [-0.39, 0.29) is 11.4 Å². The number of hydrogen-bond acceptors (Lipinski definition) is 7. The minimum atomic E-state index is -0.612. The number of ether oxygens (including phenoxy) is 2. The fourth-order valence-electron chi connectivity index (χ4n) is 4.77. The first-order chi connectivity index (χ1) is 18.9. The molecule has 0 fully saturated rings. The standard InChI is InChI=1S/C30H25N3O6/c1-18-14-25(33(36)37)26(38-2)16-24(18)31-27(34)17-39-30(35)28-21-10-6-7-11-23(21)32-29-20(12-13-22(28)29)15-19-8-4-3-5-9-19/h3-11,14-16H,12-13,17H2,1-2H3,(H,31,34)/b20-15-. The highest BCUT2D eigenvalue weighted by Gasteiger charge is 2.28. The molecule has 0 bridgehead atoms. The van der Waals surface area contributed by atoms with Crippen LogP contribution in [0.5, 0.6) is 5.75 Å². The van der Waals surface area contributed by atoms with Gasteiger partial charge in [0.1, 0.15) is 0 Å². The van der Waals surface area contributed by atoms with Gasteiger partial charge in [0, 0.05) is 23.2 Å². The number of para-hydroxylation sites is 1. The summed E-state index contributed by atoms with van der Waals surface area (Å²) in [6.45, 7) is 1.09. The average molecular weight is 524 g/mol. The van der Waals surface area contributed by atoms with E-state index in [0.717, 1.165) is 28.8 Å². The predicted molar refractivity (Wildman–Crippen MR) is 148 cm³/mol. The molecule has 9 heteroatoms. The molecule has 4 aromatic rings. The number of amides is 1. The van der Waals surface area contributed by atoms with E-state index in [0.29, 0.717) is 34.1 Å². The fraction of sp³-hybridized carbons (Fsp3) is 0.167. The molecular formula is C30H25N3O6. The minimum Gasteiger partial charge on any atom is -0.490 e. The van der Waals surface area contributed by atoms with Crippen LogP contribution >= 0.6 is 0 Å². The predicted octanol–water partition coefficient (Wildman–Crippen LogP) is 5.74. The van der Waals surface area contributed by atoms with Crippen molar-refractivity contribution in [3.63, 3.8) is 0 Å². The Labute approximate surface area is 224 Å². The van der Waals surface area contributed by atoms with Crippen LogP contribution in [0.3, 0.4) is 0 Å². The molecule has 1 heterocycles. The number of nitro groups is 1. The minimum absolute atomic E-state index is 0.0103. The SMILES string of the molecule is COc1cc(NC(=O)COC(=O)c2c3c(nc4ccccc24)/C(=C\c2ccccc2)CC3)c(C)cc1[N+](=O)[O-]. The highest BCUT2D eigenvalue weighted by atomic mass is 16.6. The summed E-state index contributed by atoms with van der Waals surface area (Å²) < 4.78 is 10.6. The number of nitro benzene ring substituents is 1. The van der Waals surface area contributed by atoms with Crippen LogP contribution < -0.4 is 10.1 Å². The van der Waals surface area contributed by atoms with Crippen molar-refractivity contribution < 1.29 is 24.0 Å². The molecule has 1 aliphatic carbocycles. The molecule has 1 amide bonds. The van der Waals surface area contributed by atoms with Gasteiger partial charge in [-0.3, -0.25) is 14.9 Å². The van der Waals surface area contributed by atoms with Crippen molar-refractivity contribution in [2.45, 2.75) is 19.8 Å². The number of allylic oxidation sites excluding steroid dienone is 1. The third-order valence-corrected chi connectivity index (χ3v) is 6.62. The fourth-order valence-corrected chi connectivity index (χ4v) is 4.77. The smallest absolute Gasteiger partial charge is 0.339 e. The van der Waals surface area contributed by atoms with E-state index in [9.17, 15) is 19.7 Å². The van der Waals surface area contributed by atoms with Crippen molar-refractivity contribution in [3.8, 4) is 5.75 Å². The number of nitrogens with one attached hydrogen (secondary N) is 1. The number of nitrogens with zero attached hydrogens (tertiary/aromatic N) is 2. The van der Waals surface area contributed by atoms with Crippen LogP contribution in [0.2, 0.25) is 0 Å². The number of rotatable bonds is 7. The number of aromatic nitrogens is 1. The van der Waals surface area contributed by atoms with Crippen LogP contribution in [-0.4, -0.2) is 35.5 Å².